The van der Waals surface area contributed by atoms with Crippen molar-refractivity contribution in [2.75, 3.05) is 6.54 Å². The molecule has 1 aromatic carbocycles. The zero-order valence-electron chi connectivity index (χ0n) is 10.9. The van der Waals surface area contributed by atoms with Crippen LogP contribution < -0.4 is 5.32 Å². The Morgan fingerprint density at radius 3 is 2.56 bits per heavy atom. The molecule has 0 aliphatic carbocycles. The van der Waals surface area contributed by atoms with Crippen LogP contribution in [0, 0.1) is 0 Å². The molecule has 1 atom stereocenters. The Kier molecular flexibility index (Phi) is 4.37. The fourth-order valence-corrected chi connectivity index (χ4v) is 1.86. The van der Waals surface area contributed by atoms with Crippen molar-refractivity contribution in [3.8, 4) is 0 Å². The molecule has 2 rings (SSSR count). The molecular formula is C16H19NO. The molecule has 0 bridgehead atoms. The van der Waals surface area contributed by atoms with Crippen LogP contribution in [-0.2, 0) is 0 Å². The van der Waals surface area contributed by atoms with Gasteiger partial charge in [-0.1, -0.05) is 42.0 Å². The van der Waals surface area contributed by atoms with E-state index in [4.69, 9.17) is 4.42 Å². The molecule has 2 aromatic rings. The van der Waals surface area contributed by atoms with Crippen LogP contribution in [0.2, 0.25) is 0 Å². The lowest BCUT2D eigenvalue weighted by Crippen LogP contribution is -2.22. The third-order valence-corrected chi connectivity index (χ3v) is 2.79. The molecular weight excluding hydrogens is 222 g/mol. The van der Waals surface area contributed by atoms with Crippen LogP contribution in [0.15, 0.2) is 64.8 Å². The van der Waals surface area contributed by atoms with Gasteiger partial charge in [-0.3, -0.25) is 0 Å². The fraction of sp³-hybridized carbons (Fsp3) is 0.250. The molecule has 1 N–H and O–H groups in total. The number of rotatable bonds is 5. The quantitative estimate of drug-likeness (QED) is 0.802. The van der Waals surface area contributed by atoms with Crippen molar-refractivity contribution >= 4 is 0 Å². The van der Waals surface area contributed by atoms with Gasteiger partial charge >= 0.3 is 0 Å². The topological polar surface area (TPSA) is 25.2 Å². The van der Waals surface area contributed by atoms with E-state index in [1.165, 1.54) is 11.1 Å². The molecule has 2 heteroatoms. The zero-order valence-corrected chi connectivity index (χ0v) is 10.9. The molecule has 94 valence electrons. The molecule has 0 saturated heterocycles. The highest BCUT2D eigenvalue weighted by Gasteiger charge is 2.14. The molecule has 18 heavy (non-hydrogen) atoms. The summed E-state index contributed by atoms with van der Waals surface area (Å²) in [6.07, 6.45) is 3.90. The number of benzene rings is 1. The van der Waals surface area contributed by atoms with Gasteiger partial charge in [-0.15, -0.1) is 0 Å². The highest BCUT2D eigenvalue weighted by Crippen LogP contribution is 2.21. The molecule has 1 aromatic heterocycles. The van der Waals surface area contributed by atoms with Crippen LogP contribution in [0.4, 0.5) is 0 Å². The van der Waals surface area contributed by atoms with E-state index in [-0.39, 0.29) is 6.04 Å². The SMILES string of the molecule is CC(C)=CCNC(c1ccccc1)c1ccco1. The number of hydrogen-bond donors (Lipinski definition) is 1. The minimum absolute atomic E-state index is 0.108. The van der Waals surface area contributed by atoms with Crippen molar-refractivity contribution in [1.82, 2.24) is 5.32 Å². The van der Waals surface area contributed by atoms with E-state index in [9.17, 15) is 0 Å². The maximum absolute atomic E-state index is 5.52. The third kappa shape index (κ3) is 3.34. The monoisotopic (exact) mass is 241 g/mol. The Morgan fingerprint density at radius 2 is 1.94 bits per heavy atom. The molecule has 1 unspecified atom stereocenters. The molecule has 2 nitrogen and oxygen atoms in total. The normalized spacial score (nSPS) is 12.1. The minimum Gasteiger partial charge on any atom is -0.467 e. The number of hydrogen-bond acceptors (Lipinski definition) is 2. The van der Waals surface area contributed by atoms with Crippen LogP contribution in [-0.4, -0.2) is 6.54 Å². The molecule has 0 aliphatic rings. The maximum Gasteiger partial charge on any atom is 0.125 e. The summed E-state index contributed by atoms with van der Waals surface area (Å²) < 4.78 is 5.52. The lowest BCUT2D eigenvalue weighted by atomic mass is 10.0. The van der Waals surface area contributed by atoms with E-state index in [2.05, 4.69) is 37.4 Å². The molecule has 0 amide bonds. The predicted octanol–water partition coefficient (Wildman–Crippen LogP) is 3.92. The first kappa shape index (κ1) is 12.7. The summed E-state index contributed by atoms with van der Waals surface area (Å²) >= 11 is 0. The van der Waals surface area contributed by atoms with Gasteiger partial charge in [0, 0.05) is 6.54 Å². The van der Waals surface area contributed by atoms with Crippen molar-refractivity contribution in [2.24, 2.45) is 0 Å². The summed E-state index contributed by atoms with van der Waals surface area (Å²) in [5.41, 5.74) is 2.53. The van der Waals surface area contributed by atoms with E-state index >= 15 is 0 Å². The van der Waals surface area contributed by atoms with Gasteiger partial charge in [0.1, 0.15) is 5.76 Å². The van der Waals surface area contributed by atoms with Crippen LogP contribution in [0.5, 0.6) is 0 Å². The van der Waals surface area contributed by atoms with Crippen LogP contribution in [0.3, 0.4) is 0 Å². The van der Waals surface area contributed by atoms with Gasteiger partial charge in [0.2, 0.25) is 0 Å². The van der Waals surface area contributed by atoms with Gasteiger partial charge in [-0.25, -0.2) is 0 Å². The lowest BCUT2D eigenvalue weighted by Gasteiger charge is -2.16. The van der Waals surface area contributed by atoms with Gasteiger partial charge in [-0.05, 0) is 31.5 Å². The second kappa shape index (κ2) is 6.22. The Labute approximate surface area is 108 Å². The average molecular weight is 241 g/mol. The van der Waals surface area contributed by atoms with E-state index in [1.54, 1.807) is 6.26 Å². The summed E-state index contributed by atoms with van der Waals surface area (Å²) in [5.74, 6) is 0.948. The summed E-state index contributed by atoms with van der Waals surface area (Å²) in [6, 6.07) is 14.4. The summed E-state index contributed by atoms with van der Waals surface area (Å²) in [7, 11) is 0. The number of allylic oxidation sites excluding steroid dienone is 1. The second-order valence-electron chi connectivity index (χ2n) is 4.55. The van der Waals surface area contributed by atoms with E-state index in [0.29, 0.717) is 0 Å². The Morgan fingerprint density at radius 1 is 1.17 bits per heavy atom. The van der Waals surface area contributed by atoms with E-state index in [1.807, 2.05) is 30.3 Å². The highest BCUT2D eigenvalue weighted by molar-refractivity contribution is 5.26. The van der Waals surface area contributed by atoms with E-state index < -0.39 is 0 Å². The Bertz CT molecular complexity index is 481. The van der Waals surface area contributed by atoms with Crippen molar-refractivity contribution in [1.29, 1.82) is 0 Å². The largest absolute Gasteiger partial charge is 0.467 e. The lowest BCUT2D eigenvalue weighted by molar-refractivity contribution is 0.456. The Balaban J connectivity index is 2.17. The van der Waals surface area contributed by atoms with Crippen molar-refractivity contribution in [2.45, 2.75) is 19.9 Å². The first-order chi connectivity index (χ1) is 8.77. The zero-order chi connectivity index (χ0) is 12.8. The standard InChI is InChI=1S/C16H19NO/c1-13(2)10-11-17-16(15-9-6-12-18-15)14-7-4-3-5-8-14/h3-10,12,16-17H,11H2,1-2H3. The number of nitrogens with one attached hydrogen (secondary N) is 1. The van der Waals surface area contributed by atoms with Crippen molar-refractivity contribution in [3.63, 3.8) is 0 Å². The smallest absolute Gasteiger partial charge is 0.125 e. The van der Waals surface area contributed by atoms with Gasteiger partial charge in [0.25, 0.3) is 0 Å². The van der Waals surface area contributed by atoms with Crippen molar-refractivity contribution < 1.29 is 4.42 Å². The average Bonchev–Trinajstić information content (AvgIpc) is 2.89. The molecule has 0 aliphatic heterocycles. The van der Waals surface area contributed by atoms with Crippen molar-refractivity contribution in [3.05, 3.63) is 71.7 Å². The van der Waals surface area contributed by atoms with E-state index in [0.717, 1.165) is 12.3 Å². The molecule has 1 heterocycles. The minimum atomic E-state index is 0.108. The molecule has 0 saturated carbocycles. The third-order valence-electron chi connectivity index (χ3n) is 2.79. The Hall–Kier alpha value is -1.80. The first-order valence-corrected chi connectivity index (χ1v) is 6.22. The summed E-state index contributed by atoms with van der Waals surface area (Å²) in [4.78, 5) is 0. The predicted molar refractivity (Wildman–Crippen MR) is 74.4 cm³/mol. The molecule has 0 radical (unpaired) electrons. The highest BCUT2D eigenvalue weighted by atomic mass is 16.3. The van der Waals surface area contributed by atoms with Gasteiger partial charge in [0.05, 0.1) is 12.3 Å². The summed E-state index contributed by atoms with van der Waals surface area (Å²) in [6.45, 7) is 5.04. The fourth-order valence-electron chi connectivity index (χ4n) is 1.86. The van der Waals surface area contributed by atoms with Gasteiger partial charge in [-0.2, -0.15) is 0 Å². The van der Waals surface area contributed by atoms with Crippen LogP contribution >= 0.6 is 0 Å². The summed E-state index contributed by atoms with van der Waals surface area (Å²) in [5, 5.41) is 3.50. The van der Waals surface area contributed by atoms with Gasteiger partial charge < -0.3 is 9.73 Å². The number of furan rings is 1. The van der Waals surface area contributed by atoms with Crippen LogP contribution in [0.1, 0.15) is 31.2 Å². The molecule has 0 fully saturated rings. The second-order valence-corrected chi connectivity index (χ2v) is 4.55. The first-order valence-electron chi connectivity index (χ1n) is 6.22. The molecule has 0 spiro atoms. The van der Waals surface area contributed by atoms with Crippen LogP contribution in [0.25, 0.3) is 0 Å². The van der Waals surface area contributed by atoms with Gasteiger partial charge in [0.15, 0.2) is 0 Å². The maximum atomic E-state index is 5.52.